The summed E-state index contributed by atoms with van der Waals surface area (Å²) in [5, 5.41) is 0.674. The van der Waals surface area contributed by atoms with Crippen molar-refractivity contribution in [1.29, 1.82) is 0 Å². The van der Waals surface area contributed by atoms with E-state index in [0.717, 1.165) is 37.0 Å². The Morgan fingerprint density at radius 2 is 2.05 bits per heavy atom. The number of halogens is 1. The molecular weight excluding hydrogens is 306 g/mol. The summed E-state index contributed by atoms with van der Waals surface area (Å²) in [7, 11) is 0. The van der Waals surface area contributed by atoms with E-state index in [2.05, 4.69) is 4.98 Å². The van der Waals surface area contributed by atoms with Gasteiger partial charge in [-0.1, -0.05) is 11.6 Å². The number of benzene rings is 1. The van der Waals surface area contributed by atoms with Gasteiger partial charge >= 0.3 is 0 Å². The summed E-state index contributed by atoms with van der Waals surface area (Å²) in [6, 6.07) is 5.63. The van der Waals surface area contributed by atoms with E-state index in [1.165, 1.54) is 6.42 Å². The van der Waals surface area contributed by atoms with Gasteiger partial charge in [0.15, 0.2) is 4.77 Å². The minimum atomic E-state index is 0.216. The number of hydrogen-bond donors (Lipinski definition) is 1. The van der Waals surface area contributed by atoms with Gasteiger partial charge in [-0.3, -0.25) is 4.79 Å². The summed E-state index contributed by atoms with van der Waals surface area (Å²) in [6.45, 7) is 2.38. The third kappa shape index (κ3) is 3.14. The average Bonchev–Trinajstić information content (AvgIpc) is 2.80. The zero-order valence-electron chi connectivity index (χ0n) is 11.8. The van der Waals surface area contributed by atoms with Gasteiger partial charge in [-0.2, -0.15) is 0 Å². The maximum atomic E-state index is 12.2. The number of imidazole rings is 1. The number of carbonyl (C=O) groups excluding carboxylic acids is 1. The van der Waals surface area contributed by atoms with Gasteiger partial charge in [0.25, 0.3) is 0 Å². The molecule has 1 amide bonds. The standard InChI is InChI=1S/C15H18ClN3OS/c16-11-4-5-12-13(10-11)19(15(21)17-12)9-6-14(20)18-7-2-1-3-8-18/h4-5,10H,1-3,6-9H2,(H,17,21). The fraction of sp³-hybridized carbons (Fsp3) is 0.467. The summed E-state index contributed by atoms with van der Waals surface area (Å²) >= 11 is 11.4. The second-order valence-electron chi connectivity index (χ2n) is 5.43. The smallest absolute Gasteiger partial charge is 0.224 e. The van der Waals surface area contributed by atoms with E-state index < -0.39 is 0 Å². The minimum absolute atomic E-state index is 0.216. The predicted molar refractivity (Wildman–Crippen MR) is 87.2 cm³/mol. The molecule has 1 aliphatic rings. The molecule has 0 aliphatic carbocycles. The zero-order valence-corrected chi connectivity index (χ0v) is 13.3. The van der Waals surface area contributed by atoms with E-state index in [9.17, 15) is 4.79 Å². The molecule has 1 N–H and O–H groups in total. The van der Waals surface area contributed by atoms with Crippen molar-refractivity contribution in [3.8, 4) is 0 Å². The number of amides is 1. The SMILES string of the molecule is O=C(CCn1c(=S)[nH]c2ccc(Cl)cc21)N1CCCCC1. The zero-order chi connectivity index (χ0) is 14.8. The molecule has 0 saturated carbocycles. The third-order valence-corrected chi connectivity index (χ3v) is 4.55. The highest BCUT2D eigenvalue weighted by atomic mass is 35.5. The number of piperidine rings is 1. The first-order valence-electron chi connectivity index (χ1n) is 7.31. The van der Waals surface area contributed by atoms with Crippen LogP contribution < -0.4 is 0 Å². The molecule has 0 radical (unpaired) electrons. The lowest BCUT2D eigenvalue weighted by molar-refractivity contribution is -0.132. The summed E-state index contributed by atoms with van der Waals surface area (Å²) in [5.41, 5.74) is 1.91. The Morgan fingerprint density at radius 3 is 2.81 bits per heavy atom. The molecule has 21 heavy (non-hydrogen) atoms. The number of rotatable bonds is 3. The maximum absolute atomic E-state index is 12.2. The van der Waals surface area contributed by atoms with Crippen LogP contribution in [0.5, 0.6) is 0 Å². The number of H-pyrrole nitrogens is 1. The van der Waals surface area contributed by atoms with Crippen LogP contribution in [-0.4, -0.2) is 33.4 Å². The van der Waals surface area contributed by atoms with Crippen molar-refractivity contribution < 1.29 is 4.79 Å². The monoisotopic (exact) mass is 323 g/mol. The van der Waals surface area contributed by atoms with Crippen LogP contribution in [0.3, 0.4) is 0 Å². The lowest BCUT2D eigenvalue weighted by atomic mass is 10.1. The number of nitrogens with one attached hydrogen (secondary N) is 1. The molecule has 6 heteroatoms. The van der Waals surface area contributed by atoms with Gasteiger partial charge in [-0.25, -0.2) is 0 Å². The molecule has 1 aliphatic heterocycles. The molecule has 0 bridgehead atoms. The number of carbonyl (C=O) groups is 1. The quantitative estimate of drug-likeness (QED) is 0.874. The van der Waals surface area contributed by atoms with E-state index in [-0.39, 0.29) is 5.91 Å². The Labute approximate surface area is 133 Å². The van der Waals surface area contributed by atoms with Gasteiger partial charge in [-0.05, 0) is 49.7 Å². The van der Waals surface area contributed by atoms with Crippen molar-refractivity contribution in [2.45, 2.75) is 32.2 Å². The van der Waals surface area contributed by atoms with Gasteiger partial charge in [0, 0.05) is 31.1 Å². The summed E-state index contributed by atoms with van der Waals surface area (Å²) in [6.07, 6.45) is 3.95. The number of aromatic nitrogens is 2. The molecular formula is C15H18ClN3OS. The predicted octanol–water partition coefficient (Wildman–Crippen LogP) is 3.75. The minimum Gasteiger partial charge on any atom is -0.343 e. The second-order valence-corrected chi connectivity index (χ2v) is 6.26. The number of fused-ring (bicyclic) bond motifs is 1. The van der Waals surface area contributed by atoms with E-state index in [1.807, 2.05) is 27.7 Å². The molecule has 112 valence electrons. The molecule has 2 aromatic rings. The Kier molecular flexibility index (Phi) is 4.31. The first-order chi connectivity index (χ1) is 10.1. The van der Waals surface area contributed by atoms with Crippen molar-refractivity contribution in [2.75, 3.05) is 13.1 Å². The van der Waals surface area contributed by atoms with Crippen molar-refractivity contribution in [2.24, 2.45) is 0 Å². The van der Waals surface area contributed by atoms with Crippen LogP contribution in [-0.2, 0) is 11.3 Å². The number of nitrogens with zero attached hydrogens (tertiary/aromatic N) is 2. The first kappa shape index (κ1) is 14.6. The van der Waals surface area contributed by atoms with Gasteiger partial charge in [-0.15, -0.1) is 0 Å². The molecule has 0 unspecified atom stereocenters. The first-order valence-corrected chi connectivity index (χ1v) is 8.09. The molecule has 1 aromatic heterocycles. The highest BCUT2D eigenvalue weighted by molar-refractivity contribution is 7.71. The molecule has 4 nitrogen and oxygen atoms in total. The van der Waals surface area contributed by atoms with Crippen molar-refractivity contribution in [3.63, 3.8) is 0 Å². The molecule has 0 atom stereocenters. The maximum Gasteiger partial charge on any atom is 0.224 e. The molecule has 2 heterocycles. The van der Waals surface area contributed by atoms with Crippen LogP contribution in [0.2, 0.25) is 5.02 Å². The van der Waals surface area contributed by atoms with Crippen molar-refractivity contribution in [1.82, 2.24) is 14.5 Å². The fourth-order valence-electron chi connectivity index (χ4n) is 2.86. The number of hydrogen-bond acceptors (Lipinski definition) is 2. The highest BCUT2D eigenvalue weighted by Crippen LogP contribution is 2.20. The third-order valence-electron chi connectivity index (χ3n) is 4.00. The van der Waals surface area contributed by atoms with Crippen LogP contribution in [0, 0.1) is 4.77 Å². The number of likely N-dealkylation sites (tertiary alicyclic amines) is 1. The normalized spacial score (nSPS) is 15.6. The summed E-state index contributed by atoms with van der Waals surface area (Å²) in [4.78, 5) is 17.4. The lowest BCUT2D eigenvalue weighted by Gasteiger charge is -2.26. The van der Waals surface area contributed by atoms with Crippen LogP contribution in [0.4, 0.5) is 0 Å². The van der Waals surface area contributed by atoms with E-state index in [4.69, 9.17) is 23.8 Å². The second kappa shape index (κ2) is 6.20. The molecule has 0 spiro atoms. The van der Waals surface area contributed by atoms with Gasteiger partial charge < -0.3 is 14.5 Å². The van der Waals surface area contributed by atoms with Crippen LogP contribution in [0.25, 0.3) is 11.0 Å². The molecule has 1 saturated heterocycles. The Hall–Kier alpha value is -1.33. The van der Waals surface area contributed by atoms with Gasteiger partial charge in [0.1, 0.15) is 0 Å². The van der Waals surface area contributed by atoms with E-state index in [0.29, 0.717) is 22.8 Å². The van der Waals surface area contributed by atoms with Crippen molar-refractivity contribution >= 4 is 40.8 Å². The van der Waals surface area contributed by atoms with Gasteiger partial charge in [0.05, 0.1) is 11.0 Å². The van der Waals surface area contributed by atoms with Crippen LogP contribution >= 0.6 is 23.8 Å². The Bertz CT molecular complexity index is 715. The topological polar surface area (TPSA) is 41.0 Å². The highest BCUT2D eigenvalue weighted by Gasteiger charge is 2.16. The number of aryl methyl sites for hydroxylation is 1. The van der Waals surface area contributed by atoms with Crippen LogP contribution in [0.15, 0.2) is 18.2 Å². The molecule has 1 aromatic carbocycles. The summed E-state index contributed by atoms with van der Waals surface area (Å²) < 4.78 is 2.59. The van der Waals surface area contributed by atoms with E-state index in [1.54, 1.807) is 0 Å². The van der Waals surface area contributed by atoms with E-state index >= 15 is 0 Å². The lowest BCUT2D eigenvalue weighted by Crippen LogP contribution is -2.36. The number of aromatic amines is 1. The van der Waals surface area contributed by atoms with Crippen molar-refractivity contribution in [3.05, 3.63) is 28.0 Å². The molecule has 1 fully saturated rings. The van der Waals surface area contributed by atoms with Gasteiger partial charge in [0.2, 0.25) is 5.91 Å². The Balaban J connectivity index is 1.75. The fourth-order valence-corrected chi connectivity index (χ4v) is 3.32. The average molecular weight is 324 g/mol. The largest absolute Gasteiger partial charge is 0.343 e. The molecule has 3 rings (SSSR count). The van der Waals surface area contributed by atoms with Crippen LogP contribution in [0.1, 0.15) is 25.7 Å². The Morgan fingerprint density at radius 1 is 1.29 bits per heavy atom. The summed E-state index contributed by atoms with van der Waals surface area (Å²) in [5.74, 6) is 0.216.